The molecule has 1 aliphatic carbocycles. The summed E-state index contributed by atoms with van der Waals surface area (Å²) in [6.07, 6.45) is 3.07. The van der Waals surface area contributed by atoms with E-state index in [1.165, 1.54) is 11.1 Å². The van der Waals surface area contributed by atoms with Crippen molar-refractivity contribution in [1.29, 1.82) is 0 Å². The molecule has 5 nitrogen and oxygen atoms in total. The smallest absolute Gasteiger partial charge is 0.222 e. The van der Waals surface area contributed by atoms with Crippen LogP contribution < -0.4 is 16.4 Å². The topological polar surface area (TPSA) is 81.1 Å². The number of fused-ring (bicyclic) bond motifs is 1. The highest BCUT2D eigenvalue weighted by molar-refractivity contribution is 5.47. The molecule has 1 atom stereocenters. The van der Waals surface area contributed by atoms with E-state index in [4.69, 9.17) is 11.5 Å². The molecule has 1 saturated heterocycles. The molecule has 0 saturated carbocycles. The van der Waals surface area contributed by atoms with E-state index in [-0.39, 0.29) is 6.04 Å². The fraction of sp³-hybridized carbons (Fsp3) is 0.412. The number of anilines is 2. The number of hydrogen-bond acceptors (Lipinski definition) is 5. The van der Waals surface area contributed by atoms with Crippen molar-refractivity contribution >= 4 is 11.8 Å². The zero-order valence-corrected chi connectivity index (χ0v) is 12.6. The molecule has 0 radical (unpaired) electrons. The molecule has 1 aromatic heterocycles. The Morgan fingerprint density at radius 3 is 2.45 bits per heavy atom. The summed E-state index contributed by atoms with van der Waals surface area (Å²) in [5, 5.41) is 0. The summed E-state index contributed by atoms with van der Waals surface area (Å²) in [5.74, 6) is 1.69. The van der Waals surface area contributed by atoms with Gasteiger partial charge in [0.15, 0.2) is 0 Å². The zero-order valence-electron chi connectivity index (χ0n) is 12.6. The van der Waals surface area contributed by atoms with Gasteiger partial charge in [0.25, 0.3) is 0 Å². The van der Waals surface area contributed by atoms with E-state index in [0.717, 1.165) is 43.9 Å². The molecular weight excluding hydrogens is 274 g/mol. The molecule has 1 aromatic carbocycles. The van der Waals surface area contributed by atoms with Gasteiger partial charge in [-0.1, -0.05) is 24.3 Å². The number of nitrogens with zero attached hydrogens (tertiary/aromatic N) is 3. The van der Waals surface area contributed by atoms with Crippen LogP contribution in [0.2, 0.25) is 0 Å². The summed E-state index contributed by atoms with van der Waals surface area (Å²) in [7, 11) is 0. The molecule has 4 N–H and O–H groups in total. The standard InChI is InChI=1S/C17H21N5/c18-14-5-6-22(10-14)16-9-15(20-17(19)21-16)13-7-11-3-1-2-4-12(11)8-13/h1-4,9,13-14H,5-8,10,18H2,(H2,19,20,21). The minimum atomic E-state index is 0.232. The average Bonchev–Trinajstić information content (AvgIpc) is 3.12. The van der Waals surface area contributed by atoms with E-state index >= 15 is 0 Å². The van der Waals surface area contributed by atoms with E-state index in [0.29, 0.717) is 11.9 Å². The van der Waals surface area contributed by atoms with Crippen LogP contribution in [0.25, 0.3) is 0 Å². The maximum Gasteiger partial charge on any atom is 0.222 e. The van der Waals surface area contributed by atoms with Gasteiger partial charge in [-0.2, -0.15) is 4.98 Å². The summed E-state index contributed by atoms with van der Waals surface area (Å²) in [4.78, 5) is 11.1. The fourth-order valence-electron chi connectivity index (χ4n) is 3.61. The Morgan fingerprint density at radius 2 is 1.82 bits per heavy atom. The van der Waals surface area contributed by atoms with Crippen molar-refractivity contribution in [2.24, 2.45) is 5.73 Å². The maximum absolute atomic E-state index is 6.00. The molecule has 0 bridgehead atoms. The van der Waals surface area contributed by atoms with Gasteiger partial charge >= 0.3 is 0 Å². The molecule has 0 amide bonds. The Morgan fingerprint density at radius 1 is 1.09 bits per heavy atom. The van der Waals surface area contributed by atoms with Crippen LogP contribution in [0.1, 0.15) is 29.2 Å². The van der Waals surface area contributed by atoms with Gasteiger partial charge < -0.3 is 16.4 Å². The lowest BCUT2D eigenvalue weighted by Gasteiger charge is -2.19. The maximum atomic E-state index is 6.00. The molecule has 1 fully saturated rings. The summed E-state index contributed by atoms with van der Waals surface area (Å²) in [6.45, 7) is 1.79. The molecular formula is C17H21N5. The number of nitrogen functional groups attached to an aromatic ring is 1. The predicted octanol–water partition coefficient (Wildman–Crippen LogP) is 1.48. The largest absolute Gasteiger partial charge is 0.368 e. The Hall–Kier alpha value is -2.14. The highest BCUT2D eigenvalue weighted by Gasteiger charge is 2.26. The van der Waals surface area contributed by atoms with E-state index in [1.54, 1.807) is 0 Å². The van der Waals surface area contributed by atoms with Gasteiger partial charge in [-0.25, -0.2) is 4.98 Å². The van der Waals surface area contributed by atoms with Gasteiger partial charge in [0.1, 0.15) is 5.82 Å². The third-order valence-electron chi connectivity index (χ3n) is 4.77. The molecule has 0 spiro atoms. The molecule has 114 valence electrons. The Balaban J connectivity index is 1.62. The Labute approximate surface area is 130 Å². The number of nitrogens with two attached hydrogens (primary N) is 2. The van der Waals surface area contributed by atoms with E-state index in [1.807, 2.05) is 0 Å². The van der Waals surface area contributed by atoms with Crippen molar-refractivity contribution < 1.29 is 0 Å². The minimum Gasteiger partial charge on any atom is -0.368 e. The second-order valence-corrected chi connectivity index (χ2v) is 6.38. The van der Waals surface area contributed by atoms with Crippen LogP contribution in [0.5, 0.6) is 0 Å². The first-order chi connectivity index (χ1) is 10.7. The normalized spacial score (nSPS) is 21.3. The lowest BCUT2D eigenvalue weighted by atomic mass is 10.0. The molecule has 2 aromatic rings. The summed E-state index contributed by atoms with van der Waals surface area (Å²) in [5.41, 5.74) is 15.9. The van der Waals surface area contributed by atoms with Gasteiger partial charge in [0, 0.05) is 31.1 Å². The van der Waals surface area contributed by atoms with E-state index in [2.05, 4.69) is 45.2 Å². The number of aromatic nitrogens is 2. The summed E-state index contributed by atoms with van der Waals surface area (Å²) in [6, 6.07) is 11.0. The lowest BCUT2D eigenvalue weighted by Crippen LogP contribution is -2.27. The number of benzene rings is 1. The molecule has 22 heavy (non-hydrogen) atoms. The van der Waals surface area contributed by atoms with Gasteiger partial charge in [0.05, 0.1) is 5.69 Å². The predicted molar refractivity (Wildman–Crippen MR) is 87.8 cm³/mol. The molecule has 4 rings (SSSR count). The first kappa shape index (κ1) is 13.5. The van der Waals surface area contributed by atoms with Gasteiger partial charge in [-0.15, -0.1) is 0 Å². The summed E-state index contributed by atoms with van der Waals surface area (Å²) >= 11 is 0. The minimum absolute atomic E-state index is 0.232. The second-order valence-electron chi connectivity index (χ2n) is 6.38. The third-order valence-corrected chi connectivity index (χ3v) is 4.77. The van der Waals surface area contributed by atoms with Gasteiger partial charge in [-0.3, -0.25) is 0 Å². The van der Waals surface area contributed by atoms with Crippen molar-refractivity contribution in [2.45, 2.75) is 31.2 Å². The molecule has 2 aliphatic rings. The zero-order chi connectivity index (χ0) is 15.1. The summed E-state index contributed by atoms with van der Waals surface area (Å²) < 4.78 is 0. The number of hydrogen-bond donors (Lipinski definition) is 2. The molecule has 1 unspecified atom stereocenters. The average molecular weight is 295 g/mol. The van der Waals surface area contributed by atoms with E-state index < -0.39 is 0 Å². The van der Waals surface area contributed by atoms with Crippen LogP contribution in [0, 0.1) is 0 Å². The van der Waals surface area contributed by atoms with Crippen LogP contribution >= 0.6 is 0 Å². The quantitative estimate of drug-likeness (QED) is 0.877. The van der Waals surface area contributed by atoms with Crippen LogP contribution in [0.15, 0.2) is 30.3 Å². The Bertz CT molecular complexity index is 674. The Kier molecular flexibility index (Phi) is 3.22. The first-order valence-corrected chi connectivity index (χ1v) is 7.91. The van der Waals surface area contributed by atoms with Crippen molar-refractivity contribution in [3.63, 3.8) is 0 Å². The van der Waals surface area contributed by atoms with Crippen molar-refractivity contribution in [2.75, 3.05) is 23.7 Å². The SMILES string of the molecule is Nc1nc(C2Cc3ccccc3C2)cc(N2CCC(N)C2)n1. The molecule has 5 heteroatoms. The van der Waals surface area contributed by atoms with Crippen LogP contribution in [-0.2, 0) is 12.8 Å². The van der Waals surface area contributed by atoms with Gasteiger partial charge in [-0.05, 0) is 30.4 Å². The van der Waals surface area contributed by atoms with E-state index in [9.17, 15) is 0 Å². The fourth-order valence-corrected chi connectivity index (χ4v) is 3.61. The molecule has 2 heterocycles. The van der Waals surface area contributed by atoms with Crippen LogP contribution in [-0.4, -0.2) is 29.1 Å². The van der Waals surface area contributed by atoms with Crippen LogP contribution in [0.4, 0.5) is 11.8 Å². The van der Waals surface area contributed by atoms with Crippen molar-refractivity contribution in [3.8, 4) is 0 Å². The van der Waals surface area contributed by atoms with Gasteiger partial charge in [0.2, 0.25) is 5.95 Å². The highest BCUT2D eigenvalue weighted by atomic mass is 15.2. The highest BCUT2D eigenvalue weighted by Crippen LogP contribution is 2.34. The first-order valence-electron chi connectivity index (χ1n) is 7.91. The second kappa shape index (κ2) is 5.25. The monoisotopic (exact) mass is 295 g/mol. The third kappa shape index (κ3) is 2.41. The lowest BCUT2D eigenvalue weighted by molar-refractivity contribution is 0.709. The van der Waals surface area contributed by atoms with Crippen molar-refractivity contribution in [3.05, 3.63) is 47.2 Å². The van der Waals surface area contributed by atoms with Crippen molar-refractivity contribution in [1.82, 2.24) is 9.97 Å². The molecule has 1 aliphatic heterocycles. The van der Waals surface area contributed by atoms with Crippen LogP contribution in [0.3, 0.4) is 0 Å². The number of rotatable bonds is 2.